The molecule has 1 fully saturated rings. The highest BCUT2D eigenvalue weighted by Gasteiger charge is 2.19. The largest absolute Gasteiger partial charge is 0.340 e. The van der Waals surface area contributed by atoms with Crippen molar-refractivity contribution in [3.05, 3.63) is 72.3 Å². The molecule has 2 aliphatic rings. The van der Waals surface area contributed by atoms with Gasteiger partial charge in [0.05, 0.1) is 0 Å². The molecule has 1 N–H and O–H groups in total. The topological polar surface area (TPSA) is 17.0 Å². The van der Waals surface area contributed by atoms with Crippen molar-refractivity contribution in [3.8, 4) is 0 Å². The molecule has 2 aromatic carbocycles. The van der Waals surface area contributed by atoms with Crippen LogP contribution in [0.1, 0.15) is 51.4 Å². The maximum Gasteiger partial charge on any atom is 0.0491 e. The number of fused-ring (bicyclic) bond motifs is 3. The number of allylic oxidation sites excluding steroid dienone is 3. The van der Waals surface area contributed by atoms with Gasteiger partial charge >= 0.3 is 0 Å². The summed E-state index contributed by atoms with van der Waals surface area (Å²) in [5, 5.41) is 6.58. The fourth-order valence-electron chi connectivity index (χ4n) is 5.72. The minimum absolute atomic E-state index is 0.663. The lowest BCUT2D eigenvalue weighted by molar-refractivity contribution is 0.294. The molecule has 2 heteroatoms. The van der Waals surface area contributed by atoms with E-state index < -0.39 is 0 Å². The second-order valence-electron chi connectivity index (χ2n) is 9.68. The number of benzene rings is 2. The quantitative estimate of drug-likeness (QED) is 0.392. The predicted octanol–water partition coefficient (Wildman–Crippen LogP) is 7.25. The Morgan fingerprint density at radius 3 is 2.29 bits per heavy atom. The molecule has 31 heavy (non-hydrogen) atoms. The highest BCUT2D eigenvalue weighted by molar-refractivity contribution is 6.07. The lowest BCUT2D eigenvalue weighted by atomic mass is 9.84. The van der Waals surface area contributed by atoms with E-state index in [0.29, 0.717) is 5.92 Å². The number of hydrogen-bond donors (Lipinski definition) is 1. The van der Waals surface area contributed by atoms with Gasteiger partial charge in [0.15, 0.2) is 0 Å². The molecule has 5 rings (SSSR count). The Bertz CT molecular complexity index is 1010. The number of para-hydroxylation sites is 2. The van der Waals surface area contributed by atoms with Crippen molar-refractivity contribution >= 4 is 21.8 Å². The van der Waals surface area contributed by atoms with Gasteiger partial charge in [-0.2, -0.15) is 0 Å². The second kappa shape index (κ2) is 9.87. The molecule has 0 amide bonds. The molecule has 0 aliphatic heterocycles. The van der Waals surface area contributed by atoms with Gasteiger partial charge in [0.1, 0.15) is 0 Å². The first kappa shape index (κ1) is 20.6. The number of aromatic nitrogens is 1. The van der Waals surface area contributed by atoms with Crippen LogP contribution in [0.2, 0.25) is 0 Å². The van der Waals surface area contributed by atoms with Gasteiger partial charge in [0.2, 0.25) is 0 Å². The van der Waals surface area contributed by atoms with E-state index in [4.69, 9.17) is 0 Å². The van der Waals surface area contributed by atoms with E-state index >= 15 is 0 Å². The predicted molar refractivity (Wildman–Crippen MR) is 133 cm³/mol. The van der Waals surface area contributed by atoms with Crippen LogP contribution in [0, 0.1) is 11.8 Å². The van der Waals surface area contributed by atoms with Gasteiger partial charge < -0.3 is 9.88 Å². The van der Waals surface area contributed by atoms with Crippen molar-refractivity contribution in [2.45, 2.75) is 57.9 Å². The van der Waals surface area contributed by atoms with E-state index in [1.165, 1.54) is 72.3 Å². The normalized spacial score (nSPS) is 18.1. The van der Waals surface area contributed by atoms with Crippen LogP contribution in [0.25, 0.3) is 21.8 Å². The summed E-state index contributed by atoms with van der Waals surface area (Å²) in [5.74, 6) is 1.62. The average molecular weight is 413 g/mol. The van der Waals surface area contributed by atoms with E-state index in [9.17, 15) is 0 Å². The fraction of sp³-hybridized carbons (Fsp3) is 0.448. The molecule has 0 spiro atoms. The van der Waals surface area contributed by atoms with Crippen molar-refractivity contribution in [1.82, 2.24) is 9.88 Å². The third kappa shape index (κ3) is 4.80. The Labute approximate surface area is 187 Å². The standard InChI is InChI=1S/C29H36N2/c1-2-10-23(11-3-1)18-19-25(21-30-20-24-12-4-5-13-24)22-31-28-16-8-6-14-26(28)27-15-7-9-17-29(27)31/h4-9,12,14-17,23,25,30H,1-3,10-11,13,18-22H2. The third-order valence-corrected chi connectivity index (χ3v) is 7.46. The first-order chi connectivity index (χ1) is 15.4. The number of nitrogens with zero attached hydrogens (tertiary/aromatic N) is 1. The van der Waals surface area contributed by atoms with Crippen LogP contribution in [0.15, 0.2) is 72.3 Å². The molecule has 2 nitrogen and oxygen atoms in total. The molecule has 1 heterocycles. The van der Waals surface area contributed by atoms with Gasteiger partial charge in [-0.05, 0) is 43.4 Å². The first-order valence-electron chi connectivity index (χ1n) is 12.4. The number of rotatable bonds is 9. The summed E-state index contributed by atoms with van der Waals surface area (Å²) in [5.41, 5.74) is 4.28. The van der Waals surface area contributed by atoms with Gasteiger partial charge in [0.25, 0.3) is 0 Å². The van der Waals surface area contributed by atoms with Crippen molar-refractivity contribution < 1.29 is 0 Å². The maximum absolute atomic E-state index is 3.80. The van der Waals surface area contributed by atoms with Gasteiger partial charge in [-0.15, -0.1) is 0 Å². The Morgan fingerprint density at radius 2 is 1.61 bits per heavy atom. The van der Waals surface area contributed by atoms with Gasteiger partial charge in [-0.1, -0.05) is 98.7 Å². The SMILES string of the molecule is C1=CCC(CNCC(CCC2CCCCC2)Cn2c3ccccc3c3ccccc32)=C1. The van der Waals surface area contributed by atoms with Crippen molar-refractivity contribution in [2.24, 2.45) is 11.8 Å². The zero-order valence-electron chi connectivity index (χ0n) is 18.7. The zero-order valence-corrected chi connectivity index (χ0v) is 18.7. The van der Waals surface area contributed by atoms with E-state index in [-0.39, 0.29) is 0 Å². The number of nitrogens with one attached hydrogen (secondary N) is 1. The van der Waals surface area contributed by atoms with E-state index in [0.717, 1.165) is 32.0 Å². The lowest BCUT2D eigenvalue weighted by Gasteiger charge is -2.25. The summed E-state index contributed by atoms with van der Waals surface area (Å²) in [6.45, 7) is 3.23. The van der Waals surface area contributed by atoms with Crippen LogP contribution >= 0.6 is 0 Å². The van der Waals surface area contributed by atoms with E-state index in [2.05, 4.69) is 76.6 Å². The molecule has 1 aromatic heterocycles. The molecule has 3 aromatic rings. The van der Waals surface area contributed by atoms with Crippen molar-refractivity contribution in [2.75, 3.05) is 13.1 Å². The van der Waals surface area contributed by atoms with E-state index in [1.807, 2.05) is 0 Å². The lowest BCUT2D eigenvalue weighted by Crippen LogP contribution is -2.28. The molecule has 0 radical (unpaired) electrons. The summed E-state index contributed by atoms with van der Waals surface area (Å²) >= 11 is 0. The maximum atomic E-state index is 3.80. The van der Waals surface area contributed by atoms with Crippen LogP contribution in [0.5, 0.6) is 0 Å². The summed E-state index contributed by atoms with van der Waals surface area (Å²) < 4.78 is 2.59. The van der Waals surface area contributed by atoms with Crippen LogP contribution in [-0.4, -0.2) is 17.7 Å². The molecule has 1 atom stereocenters. The average Bonchev–Trinajstić information content (AvgIpc) is 3.45. The Morgan fingerprint density at radius 1 is 0.903 bits per heavy atom. The van der Waals surface area contributed by atoms with E-state index in [1.54, 1.807) is 0 Å². The summed E-state index contributed by atoms with van der Waals surface area (Å²) in [7, 11) is 0. The number of hydrogen-bond acceptors (Lipinski definition) is 1. The summed E-state index contributed by atoms with van der Waals surface area (Å²) in [4.78, 5) is 0. The minimum Gasteiger partial charge on any atom is -0.340 e. The van der Waals surface area contributed by atoms with Crippen LogP contribution in [0.4, 0.5) is 0 Å². The summed E-state index contributed by atoms with van der Waals surface area (Å²) in [6.07, 6.45) is 17.8. The Kier molecular flexibility index (Phi) is 6.55. The Balaban J connectivity index is 1.34. The molecule has 1 unspecified atom stereocenters. The molecule has 0 bridgehead atoms. The smallest absolute Gasteiger partial charge is 0.0491 e. The zero-order chi connectivity index (χ0) is 20.9. The summed E-state index contributed by atoms with van der Waals surface area (Å²) in [6, 6.07) is 17.9. The first-order valence-corrected chi connectivity index (χ1v) is 12.4. The van der Waals surface area contributed by atoms with Gasteiger partial charge in [0, 0.05) is 34.9 Å². The monoisotopic (exact) mass is 412 g/mol. The van der Waals surface area contributed by atoms with Crippen molar-refractivity contribution in [1.29, 1.82) is 0 Å². The van der Waals surface area contributed by atoms with Crippen molar-refractivity contribution in [3.63, 3.8) is 0 Å². The highest BCUT2D eigenvalue weighted by atomic mass is 15.0. The second-order valence-corrected chi connectivity index (χ2v) is 9.68. The molecule has 162 valence electrons. The minimum atomic E-state index is 0.663. The fourth-order valence-corrected chi connectivity index (χ4v) is 5.72. The molecule has 1 saturated carbocycles. The van der Waals surface area contributed by atoms with Crippen LogP contribution in [-0.2, 0) is 6.54 Å². The molecule has 2 aliphatic carbocycles. The molecule has 0 saturated heterocycles. The molecular weight excluding hydrogens is 376 g/mol. The van der Waals surface area contributed by atoms with Gasteiger partial charge in [-0.25, -0.2) is 0 Å². The highest BCUT2D eigenvalue weighted by Crippen LogP contribution is 2.32. The third-order valence-electron chi connectivity index (χ3n) is 7.46. The Hall–Kier alpha value is -2.32. The molecular formula is C29H36N2. The van der Waals surface area contributed by atoms with Crippen LogP contribution in [0.3, 0.4) is 0 Å². The van der Waals surface area contributed by atoms with Crippen LogP contribution < -0.4 is 5.32 Å². The van der Waals surface area contributed by atoms with Gasteiger partial charge in [-0.3, -0.25) is 0 Å².